The first-order valence-corrected chi connectivity index (χ1v) is 9.67. The molecule has 4 rings (SSSR count). The molecule has 144 valence electrons. The van der Waals surface area contributed by atoms with Gasteiger partial charge in [-0.1, -0.05) is 35.6 Å². The molecular formula is C21H19NO5S. The van der Waals surface area contributed by atoms with Crippen molar-refractivity contribution in [2.45, 2.75) is 25.4 Å². The molecule has 0 bridgehead atoms. The summed E-state index contributed by atoms with van der Waals surface area (Å²) >= 11 is 0.996. The number of ketones is 1. The molecular weight excluding hydrogens is 378 g/mol. The fraction of sp³-hybridized carbons (Fsp3) is 0.238. The molecule has 0 radical (unpaired) electrons. The first kappa shape index (κ1) is 18.3. The number of H-pyrrole nitrogens is 1. The van der Waals surface area contributed by atoms with Crippen LogP contribution in [0.5, 0.6) is 17.4 Å². The van der Waals surface area contributed by atoms with Crippen LogP contribution in [0.15, 0.2) is 53.3 Å². The number of thiazole rings is 1. The van der Waals surface area contributed by atoms with E-state index in [9.17, 15) is 14.7 Å². The van der Waals surface area contributed by atoms with Crippen LogP contribution in [0, 0.1) is 0 Å². The number of nitrogens with one attached hydrogen (secondary N) is 1. The van der Waals surface area contributed by atoms with Crippen molar-refractivity contribution in [2.75, 3.05) is 6.61 Å². The Morgan fingerprint density at radius 2 is 1.93 bits per heavy atom. The third kappa shape index (κ3) is 3.80. The maximum atomic E-state index is 12.4. The second-order valence-electron chi connectivity index (χ2n) is 7.04. The first-order valence-electron chi connectivity index (χ1n) is 8.86. The van der Waals surface area contributed by atoms with Crippen LogP contribution in [-0.4, -0.2) is 28.1 Å². The van der Waals surface area contributed by atoms with Crippen LogP contribution in [-0.2, 0) is 6.42 Å². The van der Waals surface area contributed by atoms with Crippen LogP contribution in [0.2, 0.25) is 0 Å². The molecule has 0 aliphatic carbocycles. The Balaban J connectivity index is 1.41. The molecule has 3 aromatic rings. The molecule has 2 heterocycles. The Morgan fingerprint density at radius 1 is 1.18 bits per heavy atom. The van der Waals surface area contributed by atoms with Crippen molar-refractivity contribution in [3.63, 3.8) is 0 Å². The maximum Gasteiger partial charge on any atom is 0.307 e. The Kier molecular flexibility index (Phi) is 4.68. The monoisotopic (exact) mass is 397 g/mol. The minimum Gasteiger partial charge on any atom is -0.494 e. The fourth-order valence-corrected chi connectivity index (χ4v) is 3.96. The number of fused-ring (bicyclic) bond motifs is 1. The Hall–Kier alpha value is -3.06. The summed E-state index contributed by atoms with van der Waals surface area (Å²) < 4.78 is 11.9. The summed E-state index contributed by atoms with van der Waals surface area (Å²) in [5, 5.41) is 9.68. The number of Topliss-reactive ketones (excluding diaryl/α,β-unsaturated/α-hetero) is 1. The minimum absolute atomic E-state index is 0.0496. The van der Waals surface area contributed by atoms with Crippen LogP contribution >= 0.6 is 11.3 Å². The quantitative estimate of drug-likeness (QED) is 0.688. The van der Waals surface area contributed by atoms with Crippen molar-refractivity contribution < 1.29 is 19.4 Å². The van der Waals surface area contributed by atoms with Crippen molar-refractivity contribution in [1.82, 2.24) is 4.98 Å². The largest absolute Gasteiger partial charge is 0.494 e. The van der Waals surface area contributed by atoms with Crippen LogP contribution in [0.4, 0.5) is 0 Å². The van der Waals surface area contributed by atoms with Gasteiger partial charge in [-0.15, -0.1) is 0 Å². The van der Waals surface area contributed by atoms with Gasteiger partial charge in [0.25, 0.3) is 0 Å². The van der Waals surface area contributed by atoms with E-state index in [1.807, 2.05) is 43.3 Å². The van der Waals surface area contributed by atoms with Gasteiger partial charge < -0.3 is 14.6 Å². The fourth-order valence-electron chi connectivity index (χ4n) is 3.20. The van der Waals surface area contributed by atoms with Gasteiger partial charge >= 0.3 is 4.87 Å². The van der Waals surface area contributed by atoms with Gasteiger partial charge in [0.05, 0.1) is 16.9 Å². The molecule has 1 aromatic heterocycles. The summed E-state index contributed by atoms with van der Waals surface area (Å²) in [6.45, 7) is 2.11. The lowest BCUT2D eigenvalue weighted by atomic mass is 9.92. The van der Waals surface area contributed by atoms with E-state index in [2.05, 4.69) is 4.98 Å². The zero-order valence-corrected chi connectivity index (χ0v) is 16.0. The Labute approximate surface area is 165 Å². The molecule has 1 aliphatic heterocycles. The van der Waals surface area contributed by atoms with Crippen molar-refractivity contribution in [1.29, 1.82) is 0 Å². The Morgan fingerprint density at radius 3 is 2.64 bits per heavy atom. The molecule has 0 saturated carbocycles. The van der Waals surface area contributed by atoms with Gasteiger partial charge in [-0.2, -0.15) is 0 Å². The highest BCUT2D eigenvalue weighted by molar-refractivity contribution is 7.09. The van der Waals surface area contributed by atoms with E-state index in [1.54, 1.807) is 12.1 Å². The third-order valence-electron chi connectivity index (χ3n) is 4.61. The number of aromatic nitrogens is 1. The van der Waals surface area contributed by atoms with Crippen LogP contribution < -0.4 is 14.3 Å². The molecule has 6 nitrogen and oxygen atoms in total. The zero-order valence-electron chi connectivity index (χ0n) is 15.2. The van der Waals surface area contributed by atoms with E-state index in [1.165, 1.54) is 0 Å². The van der Waals surface area contributed by atoms with E-state index in [4.69, 9.17) is 9.47 Å². The molecule has 0 fully saturated rings. The van der Waals surface area contributed by atoms with E-state index >= 15 is 0 Å². The number of ether oxygens (including phenoxy) is 2. The number of carbonyl (C=O) groups excluding carboxylic acids is 1. The van der Waals surface area contributed by atoms with E-state index in [0.717, 1.165) is 16.9 Å². The lowest BCUT2D eigenvalue weighted by molar-refractivity contribution is 0.0190. The highest BCUT2D eigenvalue weighted by atomic mass is 32.1. The first-order chi connectivity index (χ1) is 13.4. The summed E-state index contributed by atoms with van der Waals surface area (Å²) in [6, 6.07) is 14.6. The highest BCUT2D eigenvalue weighted by Crippen LogP contribution is 2.33. The smallest absolute Gasteiger partial charge is 0.307 e. The van der Waals surface area contributed by atoms with Crippen LogP contribution in [0.1, 0.15) is 34.1 Å². The van der Waals surface area contributed by atoms with Crippen LogP contribution in [0.25, 0.3) is 0 Å². The lowest BCUT2D eigenvalue weighted by Gasteiger charge is -2.34. The van der Waals surface area contributed by atoms with E-state index in [-0.39, 0.29) is 29.6 Å². The van der Waals surface area contributed by atoms with Gasteiger partial charge in [0.15, 0.2) is 5.78 Å². The Bertz CT molecular complexity index is 1070. The van der Waals surface area contributed by atoms with E-state index < -0.39 is 5.60 Å². The van der Waals surface area contributed by atoms with Gasteiger partial charge in [-0.3, -0.25) is 14.6 Å². The predicted octanol–water partition coefficient (Wildman–Crippen LogP) is 3.54. The zero-order chi connectivity index (χ0) is 19.7. The van der Waals surface area contributed by atoms with Crippen molar-refractivity contribution >= 4 is 17.1 Å². The number of para-hydroxylation sites is 1. The summed E-state index contributed by atoms with van der Waals surface area (Å²) in [4.78, 5) is 26.3. The molecule has 28 heavy (non-hydrogen) atoms. The number of rotatable bonds is 5. The number of benzene rings is 2. The van der Waals surface area contributed by atoms with Gasteiger partial charge in [-0.05, 0) is 36.8 Å². The van der Waals surface area contributed by atoms with Gasteiger partial charge in [0, 0.05) is 6.42 Å². The molecule has 0 amide bonds. The van der Waals surface area contributed by atoms with Gasteiger partial charge in [0.1, 0.15) is 23.7 Å². The average Bonchev–Trinajstić information content (AvgIpc) is 2.98. The van der Waals surface area contributed by atoms with Crippen molar-refractivity contribution in [3.05, 3.63) is 74.2 Å². The van der Waals surface area contributed by atoms with E-state index in [0.29, 0.717) is 28.4 Å². The molecule has 1 atom stereocenters. The molecule has 1 aliphatic rings. The lowest BCUT2D eigenvalue weighted by Crippen LogP contribution is -2.44. The molecule has 2 N–H and O–H groups in total. The second-order valence-corrected chi connectivity index (χ2v) is 8.11. The van der Waals surface area contributed by atoms with Gasteiger partial charge in [0.2, 0.25) is 5.88 Å². The third-order valence-corrected chi connectivity index (χ3v) is 5.48. The minimum atomic E-state index is -0.729. The summed E-state index contributed by atoms with van der Waals surface area (Å²) in [7, 11) is 0. The standard InChI is InChI=1S/C21H19NO5S/c1-21(11-16(23)15-4-2-3-5-17(15)27-21)12-26-14-8-6-13(7-9-14)10-18-19(24)22-20(25)28-18/h2-9,24H,10-12H2,1H3,(H,22,25). The molecule has 0 spiro atoms. The predicted molar refractivity (Wildman–Crippen MR) is 106 cm³/mol. The highest BCUT2D eigenvalue weighted by Gasteiger charge is 2.37. The number of hydrogen-bond acceptors (Lipinski definition) is 6. The number of aromatic amines is 1. The average molecular weight is 397 g/mol. The number of aromatic hydroxyl groups is 1. The molecule has 2 aromatic carbocycles. The molecule has 1 unspecified atom stereocenters. The molecule has 7 heteroatoms. The topological polar surface area (TPSA) is 88.6 Å². The second kappa shape index (κ2) is 7.16. The van der Waals surface area contributed by atoms with Crippen molar-refractivity contribution in [3.8, 4) is 17.4 Å². The summed E-state index contributed by atoms with van der Waals surface area (Å²) in [6.07, 6.45) is 0.718. The molecule has 0 saturated heterocycles. The van der Waals surface area contributed by atoms with Crippen LogP contribution in [0.3, 0.4) is 0 Å². The summed E-state index contributed by atoms with van der Waals surface area (Å²) in [5.41, 5.74) is 0.828. The van der Waals surface area contributed by atoms with Crippen molar-refractivity contribution in [2.24, 2.45) is 0 Å². The normalized spacial score (nSPS) is 18.4. The summed E-state index contributed by atoms with van der Waals surface area (Å²) in [5.74, 6) is 1.22. The number of hydrogen-bond donors (Lipinski definition) is 2. The maximum absolute atomic E-state index is 12.4. The number of carbonyl (C=O) groups is 1. The SMILES string of the molecule is CC1(COc2ccc(Cc3sc(=O)[nH]c3O)cc2)CC(=O)c2ccccc2O1. The van der Waals surface area contributed by atoms with Gasteiger partial charge in [-0.25, -0.2) is 0 Å².